The molecule has 2 atom stereocenters. The van der Waals surface area contributed by atoms with Crippen molar-refractivity contribution in [3.05, 3.63) is 88.7 Å². The highest BCUT2D eigenvalue weighted by molar-refractivity contribution is 6.21. The smallest absolute Gasteiger partial charge is 0.309 e. The van der Waals surface area contributed by atoms with Crippen LogP contribution in [0.4, 0.5) is 0 Å². The number of hydrogen-bond donors (Lipinski definition) is 2. The Balaban J connectivity index is 1.35. The van der Waals surface area contributed by atoms with Crippen LogP contribution in [0.25, 0.3) is 11.1 Å². The van der Waals surface area contributed by atoms with Gasteiger partial charge in [0.25, 0.3) is 11.8 Å². The molecule has 0 unspecified atom stereocenters. The Morgan fingerprint density at radius 2 is 1.60 bits per heavy atom. The van der Waals surface area contributed by atoms with E-state index in [1.807, 2.05) is 56.4 Å². The van der Waals surface area contributed by atoms with Gasteiger partial charge in [0.15, 0.2) is 0 Å². The zero-order valence-electron chi connectivity index (χ0n) is 19.8. The van der Waals surface area contributed by atoms with Crippen molar-refractivity contribution in [2.75, 3.05) is 6.54 Å². The number of carboxylic acid groups (broad SMARTS) is 1. The average molecular weight is 473 g/mol. The third-order valence-corrected chi connectivity index (χ3v) is 6.50. The Hall–Kier alpha value is -3.84. The summed E-state index contributed by atoms with van der Waals surface area (Å²) in [6, 6.07) is 16.9. The van der Waals surface area contributed by atoms with Crippen LogP contribution in [0.2, 0.25) is 0 Å². The number of carboxylic acids is 1. The number of carbonyl (C=O) groups excluding carboxylic acids is 2. The van der Waals surface area contributed by atoms with Gasteiger partial charge >= 0.3 is 5.97 Å². The quantitative estimate of drug-likeness (QED) is 0.455. The molecule has 7 heteroatoms. The molecule has 0 fully saturated rings. The van der Waals surface area contributed by atoms with Gasteiger partial charge in [-0.05, 0) is 62.4 Å². The van der Waals surface area contributed by atoms with E-state index in [0.29, 0.717) is 17.5 Å². The van der Waals surface area contributed by atoms with Gasteiger partial charge in [0.05, 0.1) is 23.1 Å². The Morgan fingerprint density at radius 3 is 2.26 bits per heavy atom. The standard InChI is InChI=1S/C28H28N2O5/c1-17-3-11-22-24(15-17)27(33)30(26(22)32)14-13-23(28(34)35)25(31)12-7-19-5-9-20(10-6-19)21-8-4-18(2)29-16-21/h3-6,8-11,15-16,23,25,31H,7,12-14H2,1-2H3,(H,34,35)/t23-,25-/m1/s1. The summed E-state index contributed by atoms with van der Waals surface area (Å²) >= 11 is 0. The molecule has 3 aromatic rings. The Morgan fingerprint density at radius 1 is 0.914 bits per heavy atom. The number of aliphatic hydroxyl groups excluding tert-OH is 1. The van der Waals surface area contributed by atoms with Crippen LogP contribution < -0.4 is 0 Å². The second kappa shape index (κ2) is 10.2. The van der Waals surface area contributed by atoms with Gasteiger partial charge in [0.2, 0.25) is 0 Å². The summed E-state index contributed by atoms with van der Waals surface area (Å²) in [7, 11) is 0. The van der Waals surface area contributed by atoms with E-state index in [-0.39, 0.29) is 19.4 Å². The second-order valence-corrected chi connectivity index (χ2v) is 9.04. The van der Waals surface area contributed by atoms with Crippen LogP contribution in [0.3, 0.4) is 0 Å². The highest BCUT2D eigenvalue weighted by atomic mass is 16.4. The van der Waals surface area contributed by atoms with Crippen LogP contribution in [0.15, 0.2) is 60.8 Å². The Labute approximate surface area is 204 Å². The molecule has 0 saturated carbocycles. The zero-order valence-corrected chi connectivity index (χ0v) is 19.8. The fourth-order valence-corrected chi connectivity index (χ4v) is 4.37. The van der Waals surface area contributed by atoms with Crippen molar-refractivity contribution in [2.45, 2.75) is 39.2 Å². The molecule has 0 spiro atoms. The molecule has 0 saturated heterocycles. The molecule has 1 aliphatic heterocycles. The van der Waals surface area contributed by atoms with Gasteiger partial charge in [-0.15, -0.1) is 0 Å². The first kappa shape index (κ1) is 24.3. The summed E-state index contributed by atoms with van der Waals surface area (Å²) in [5.41, 5.74) is 5.51. The monoisotopic (exact) mass is 472 g/mol. The number of aryl methyl sites for hydroxylation is 3. The lowest BCUT2D eigenvalue weighted by Crippen LogP contribution is -2.36. The van der Waals surface area contributed by atoms with E-state index < -0.39 is 29.8 Å². The average Bonchev–Trinajstić information content (AvgIpc) is 3.07. The Bertz CT molecular complexity index is 1250. The van der Waals surface area contributed by atoms with Crippen LogP contribution in [0.5, 0.6) is 0 Å². The van der Waals surface area contributed by atoms with Crippen molar-refractivity contribution in [1.82, 2.24) is 9.88 Å². The molecule has 1 aromatic heterocycles. The lowest BCUT2D eigenvalue weighted by molar-refractivity contribution is -0.146. The first-order valence-corrected chi connectivity index (χ1v) is 11.6. The van der Waals surface area contributed by atoms with Crippen molar-refractivity contribution in [2.24, 2.45) is 5.92 Å². The van der Waals surface area contributed by atoms with Crippen molar-refractivity contribution in [1.29, 1.82) is 0 Å². The first-order chi connectivity index (χ1) is 16.7. The van der Waals surface area contributed by atoms with Gasteiger partial charge in [-0.3, -0.25) is 24.3 Å². The van der Waals surface area contributed by atoms with Gasteiger partial charge in [0, 0.05) is 24.0 Å². The van der Waals surface area contributed by atoms with Crippen molar-refractivity contribution < 1.29 is 24.6 Å². The topological polar surface area (TPSA) is 108 Å². The van der Waals surface area contributed by atoms with Crippen molar-refractivity contribution in [3.63, 3.8) is 0 Å². The van der Waals surface area contributed by atoms with Gasteiger partial charge in [0.1, 0.15) is 0 Å². The molecule has 2 amide bonds. The van der Waals surface area contributed by atoms with E-state index in [9.17, 15) is 24.6 Å². The van der Waals surface area contributed by atoms with E-state index in [0.717, 1.165) is 32.8 Å². The molecule has 7 nitrogen and oxygen atoms in total. The molecule has 0 aliphatic carbocycles. The molecule has 2 heterocycles. The number of aliphatic carboxylic acids is 1. The van der Waals surface area contributed by atoms with Gasteiger partial charge < -0.3 is 10.2 Å². The van der Waals surface area contributed by atoms with Gasteiger partial charge in [-0.1, -0.05) is 42.0 Å². The molecule has 180 valence electrons. The summed E-state index contributed by atoms with van der Waals surface area (Å²) in [6.45, 7) is 3.72. The highest BCUT2D eigenvalue weighted by Crippen LogP contribution is 2.26. The number of rotatable bonds is 9. The minimum absolute atomic E-state index is 0.0136. The fraction of sp³-hybridized carbons (Fsp3) is 0.286. The molecule has 0 radical (unpaired) electrons. The van der Waals surface area contributed by atoms with Crippen LogP contribution in [-0.4, -0.2) is 50.5 Å². The maximum atomic E-state index is 12.7. The minimum atomic E-state index is -1.15. The van der Waals surface area contributed by atoms with Gasteiger partial charge in [-0.2, -0.15) is 0 Å². The molecule has 1 aliphatic rings. The van der Waals surface area contributed by atoms with Crippen LogP contribution in [0, 0.1) is 19.8 Å². The number of aliphatic hydroxyl groups is 1. The van der Waals surface area contributed by atoms with E-state index in [1.165, 1.54) is 0 Å². The zero-order chi connectivity index (χ0) is 25.1. The number of amides is 2. The number of benzene rings is 2. The maximum Gasteiger partial charge on any atom is 0.309 e. The molecular formula is C28H28N2O5. The van der Waals surface area contributed by atoms with Crippen LogP contribution in [-0.2, 0) is 11.2 Å². The molecule has 4 rings (SSSR count). The fourth-order valence-electron chi connectivity index (χ4n) is 4.37. The summed E-state index contributed by atoms with van der Waals surface area (Å²) in [5.74, 6) is -3.07. The van der Waals surface area contributed by atoms with E-state index in [1.54, 1.807) is 18.2 Å². The van der Waals surface area contributed by atoms with Crippen LogP contribution >= 0.6 is 0 Å². The summed E-state index contributed by atoms with van der Waals surface area (Å²) < 4.78 is 0. The first-order valence-electron chi connectivity index (χ1n) is 11.6. The second-order valence-electron chi connectivity index (χ2n) is 9.04. The number of carbonyl (C=O) groups is 3. The van der Waals surface area contributed by atoms with Gasteiger partial charge in [-0.25, -0.2) is 0 Å². The predicted octanol–water partition coefficient (Wildman–Crippen LogP) is 4.05. The number of fused-ring (bicyclic) bond motifs is 1. The van der Waals surface area contributed by atoms with E-state index in [2.05, 4.69) is 4.98 Å². The molecule has 35 heavy (non-hydrogen) atoms. The van der Waals surface area contributed by atoms with Crippen LogP contribution in [0.1, 0.15) is 50.4 Å². The lowest BCUT2D eigenvalue weighted by atomic mass is 9.93. The normalized spacial score (nSPS) is 14.7. The number of hydrogen-bond acceptors (Lipinski definition) is 5. The highest BCUT2D eigenvalue weighted by Gasteiger charge is 2.37. The summed E-state index contributed by atoms with van der Waals surface area (Å²) in [6.07, 6.45) is 1.46. The summed E-state index contributed by atoms with van der Waals surface area (Å²) in [5, 5.41) is 20.3. The molecule has 2 aromatic carbocycles. The van der Waals surface area contributed by atoms with E-state index >= 15 is 0 Å². The lowest BCUT2D eigenvalue weighted by Gasteiger charge is -2.22. The number of nitrogens with zero attached hydrogens (tertiary/aromatic N) is 2. The predicted molar refractivity (Wildman–Crippen MR) is 131 cm³/mol. The van der Waals surface area contributed by atoms with Crippen molar-refractivity contribution in [3.8, 4) is 11.1 Å². The largest absolute Gasteiger partial charge is 0.481 e. The maximum absolute atomic E-state index is 12.7. The molecule has 2 N–H and O–H groups in total. The summed E-state index contributed by atoms with van der Waals surface area (Å²) in [4.78, 5) is 42.5. The minimum Gasteiger partial charge on any atom is -0.481 e. The molecule has 0 bridgehead atoms. The third-order valence-electron chi connectivity index (χ3n) is 6.50. The number of pyridine rings is 1. The van der Waals surface area contributed by atoms with Crippen molar-refractivity contribution >= 4 is 17.8 Å². The number of aromatic nitrogens is 1. The third kappa shape index (κ3) is 5.30. The SMILES string of the molecule is Cc1ccc2c(c1)C(=O)N(CC[C@@H](C(=O)O)[C@H](O)CCc1ccc(-c3ccc(C)nc3)cc1)C2=O. The Kier molecular flexibility index (Phi) is 7.07. The van der Waals surface area contributed by atoms with E-state index in [4.69, 9.17) is 0 Å². The molecular weight excluding hydrogens is 444 g/mol. The number of imide groups is 1.